The van der Waals surface area contributed by atoms with Crippen LogP contribution in [0.5, 0.6) is 0 Å². The Morgan fingerprint density at radius 1 is 1.35 bits per heavy atom. The van der Waals surface area contributed by atoms with E-state index in [0.717, 1.165) is 6.08 Å². The van der Waals surface area contributed by atoms with E-state index in [-0.39, 0.29) is 5.91 Å². The number of rotatable bonds is 5. The third kappa shape index (κ3) is 6.09. The van der Waals surface area contributed by atoms with Gasteiger partial charge in [0.2, 0.25) is 5.91 Å². The second kappa shape index (κ2) is 7.93. The van der Waals surface area contributed by atoms with Gasteiger partial charge in [-0.15, -0.1) is 0 Å². The van der Waals surface area contributed by atoms with Crippen molar-refractivity contribution in [3.05, 3.63) is 24.3 Å². The van der Waals surface area contributed by atoms with Crippen LogP contribution >= 0.6 is 0 Å². The first kappa shape index (κ1) is 20.8. The molecule has 20 heavy (non-hydrogen) atoms. The first-order valence-electron chi connectivity index (χ1n) is 5.64. The second-order valence-electron chi connectivity index (χ2n) is 4.50. The van der Waals surface area contributed by atoms with Crippen molar-refractivity contribution in [1.82, 2.24) is 0 Å². The number of amides is 1. The first-order chi connectivity index (χ1) is 8.82. The highest BCUT2D eigenvalue weighted by Crippen LogP contribution is 2.19. The lowest BCUT2D eigenvalue weighted by molar-refractivity contribution is -0.116. The van der Waals surface area contributed by atoms with Gasteiger partial charge in [-0.2, -0.15) is 8.42 Å². The molecule has 0 aromatic heterocycles. The summed E-state index contributed by atoms with van der Waals surface area (Å²) >= 11 is 0. The molecule has 0 radical (unpaired) electrons. The van der Waals surface area contributed by atoms with Crippen molar-refractivity contribution in [2.24, 2.45) is 11.5 Å². The lowest BCUT2D eigenvalue weighted by Gasteiger charge is -2.25. The van der Waals surface area contributed by atoms with Gasteiger partial charge in [-0.05, 0) is 33.8 Å². The van der Waals surface area contributed by atoms with Gasteiger partial charge in [-0.3, -0.25) is 14.1 Å². The lowest BCUT2D eigenvalue weighted by Crippen LogP contribution is -2.52. The summed E-state index contributed by atoms with van der Waals surface area (Å²) in [6, 6.07) is -1.31. The Morgan fingerprint density at radius 2 is 1.75 bits per heavy atom. The molecule has 0 spiro atoms. The predicted octanol–water partition coefficient (Wildman–Crippen LogP) is 0.173. The van der Waals surface area contributed by atoms with Gasteiger partial charge in [0, 0.05) is 5.57 Å². The molecule has 0 aromatic rings. The van der Waals surface area contributed by atoms with Crippen molar-refractivity contribution in [2.75, 3.05) is 0 Å². The number of carbonyl (C=O) groups is 2. The van der Waals surface area contributed by atoms with Gasteiger partial charge in [0.05, 0.1) is 6.04 Å². The van der Waals surface area contributed by atoms with E-state index < -0.39 is 26.7 Å². The van der Waals surface area contributed by atoms with E-state index in [1.54, 1.807) is 19.9 Å². The summed E-state index contributed by atoms with van der Waals surface area (Å²) in [6.07, 6.45) is 2.61. The quantitative estimate of drug-likeness (QED) is 0.488. The Hall–Kier alpha value is -1.51. The molecule has 0 heterocycles. The van der Waals surface area contributed by atoms with E-state index >= 15 is 0 Å². The van der Waals surface area contributed by atoms with Crippen molar-refractivity contribution < 1.29 is 22.6 Å². The van der Waals surface area contributed by atoms with Crippen LogP contribution in [0.4, 0.5) is 0 Å². The fourth-order valence-electron chi connectivity index (χ4n) is 0.772. The van der Waals surface area contributed by atoms with Gasteiger partial charge in [-0.1, -0.05) is 12.7 Å². The molecule has 0 aliphatic heterocycles. The Morgan fingerprint density at radius 3 is 1.90 bits per heavy atom. The highest BCUT2D eigenvalue weighted by Gasteiger charge is 2.41. The Bertz CT molecular complexity index is 506. The molecule has 1 amide bonds. The molecular formula is C12H22N2O5S. The second-order valence-corrected chi connectivity index (χ2v) is 6.50. The highest BCUT2D eigenvalue weighted by atomic mass is 32.2. The van der Waals surface area contributed by atoms with Crippen LogP contribution in [-0.2, 0) is 19.7 Å². The van der Waals surface area contributed by atoms with Crippen LogP contribution in [0.2, 0.25) is 0 Å². The van der Waals surface area contributed by atoms with Crippen LogP contribution in [-0.4, -0.2) is 35.4 Å². The Kier molecular flexibility index (Phi) is 8.25. The SMILES string of the molecule is C/C=C(\C)C(N)=O.C=CC(=O)C(N)C(C)(C)S(=O)(=O)O. The van der Waals surface area contributed by atoms with E-state index in [2.05, 4.69) is 6.58 Å². The van der Waals surface area contributed by atoms with Crippen LogP contribution in [0.1, 0.15) is 27.7 Å². The molecule has 1 atom stereocenters. The van der Waals surface area contributed by atoms with Gasteiger partial charge >= 0.3 is 0 Å². The number of allylic oxidation sites excluding steroid dienone is 1. The maximum absolute atomic E-state index is 11.0. The Labute approximate surface area is 119 Å². The summed E-state index contributed by atoms with van der Waals surface area (Å²) in [6.45, 7) is 8.98. The fraction of sp³-hybridized carbons (Fsp3) is 0.500. The molecule has 8 heteroatoms. The summed E-state index contributed by atoms with van der Waals surface area (Å²) in [5.74, 6) is -0.967. The topological polar surface area (TPSA) is 141 Å². The van der Waals surface area contributed by atoms with E-state index in [1.807, 2.05) is 0 Å². The zero-order chi connectivity index (χ0) is 16.7. The maximum Gasteiger partial charge on any atom is 0.272 e. The first-order valence-corrected chi connectivity index (χ1v) is 7.08. The van der Waals surface area contributed by atoms with E-state index in [4.69, 9.17) is 16.0 Å². The molecule has 116 valence electrons. The molecule has 0 aliphatic carbocycles. The van der Waals surface area contributed by atoms with E-state index in [1.165, 1.54) is 13.8 Å². The third-order valence-electron chi connectivity index (χ3n) is 2.74. The van der Waals surface area contributed by atoms with Gasteiger partial charge in [0.15, 0.2) is 5.78 Å². The van der Waals surface area contributed by atoms with Gasteiger partial charge in [0.25, 0.3) is 10.1 Å². The predicted molar refractivity (Wildman–Crippen MR) is 77.4 cm³/mol. The van der Waals surface area contributed by atoms with Crippen molar-refractivity contribution in [3.8, 4) is 0 Å². The molecule has 0 aliphatic rings. The largest absolute Gasteiger partial charge is 0.366 e. The molecule has 0 rings (SSSR count). The number of primary amides is 1. The van der Waals surface area contributed by atoms with Gasteiger partial charge in [-0.25, -0.2) is 0 Å². The summed E-state index contributed by atoms with van der Waals surface area (Å²) in [5, 5.41) is 0. The monoisotopic (exact) mass is 306 g/mol. The summed E-state index contributed by atoms with van der Waals surface area (Å²) < 4.78 is 28.7. The molecule has 7 nitrogen and oxygen atoms in total. The van der Waals surface area contributed by atoms with Crippen LogP contribution in [0.3, 0.4) is 0 Å². The van der Waals surface area contributed by atoms with Crippen molar-refractivity contribution >= 4 is 21.8 Å². The minimum atomic E-state index is -4.35. The molecule has 0 saturated carbocycles. The fourth-order valence-corrected chi connectivity index (χ4v) is 1.21. The molecule has 1 unspecified atom stereocenters. The number of hydrogen-bond donors (Lipinski definition) is 3. The number of carbonyl (C=O) groups excluding carboxylic acids is 2. The molecule has 0 fully saturated rings. The Balaban J connectivity index is 0. The highest BCUT2D eigenvalue weighted by molar-refractivity contribution is 7.87. The molecular weight excluding hydrogens is 284 g/mol. The van der Waals surface area contributed by atoms with Crippen LogP contribution in [0.15, 0.2) is 24.3 Å². The summed E-state index contributed by atoms with van der Waals surface area (Å²) in [4.78, 5) is 21.1. The van der Waals surface area contributed by atoms with Crippen LogP contribution in [0, 0.1) is 0 Å². The standard InChI is InChI=1S/C7H13NO4S.C5H9NO/c1-4-5(9)6(8)7(2,3)13(10,11)12;1-3-4(2)5(6)7/h4,6H,1,8H2,2-3H3,(H,10,11,12);3H,1-2H3,(H2,6,7)/b;4-3+. The number of ketones is 1. The zero-order valence-electron chi connectivity index (χ0n) is 12.1. The summed E-state index contributed by atoms with van der Waals surface area (Å²) in [5.41, 5.74) is 10.8. The van der Waals surface area contributed by atoms with Crippen LogP contribution in [0.25, 0.3) is 0 Å². The summed E-state index contributed by atoms with van der Waals surface area (Å²) in [7, 11) is -4.35. The van der Waals surface area contributed by atoms with Crippen molar-refractivity contribution in [1.29, 1.82) is 0 Å². The average Bonchev–Trinajstić information content (AvgIpc) is 2.34. The minimum absolute atomic E-state index is 0.345. The smallest absolute Gasteiger partial charge is 0.272 e. The van der Waals surface area contributed by atoms with Crippen molar-refractivity contribution in [3.63, 3.8) is 0 Å². The lowest BCUT2D eigenvalue weighted by atomic mass is 10.00. The zero-order valence-corrected chi connectivity index (χ0v) is 12.9. The third-order valence-corrected chi connectivity index (χ3v) is 4.33. The van der Waals surface area contributed by atoms with E-state index in [0.29, 0.717) is 5.57 Å². The number of nitrogens with two attached hydrogens (primary N) is 2. The van der Waals surface area contributed by atoms with Crippen LogP contribution < -0.4 is 11.5 Å². The van der Waals surface area contributed by atoms with Crippen molar-refractivity contribution in [2.45, 2.75) is 38.5 Å². The average molecular weight is 306 g/mol. The van der Waals surface area contributed by atoms with Gasteiger partial charge < -0.3 is 11.5 Å². The van der Waals surface area contributed by atoms with E-state index in [9.17, 15) is 18.0 Å². The molecule has 0 saturated heterocycles. The minimum Gasteiger partial charge on any atom is -0.366 e. The molecule has 0 bridgehead atoms. The number of hydrogen-bond acceptors (Lipinski definition) is 5. The van der Waals surface area contributed by atoms with Gasteiger partial charge in [0.1, 0.15) is 4.75 Å². The molecule has 0 aromatic carbocycles. The maximum atomic E-state index is 11.0. The molecule has 5 N–H and O–H groups in total. The normalized spacial score (nSPS) is 13.8.